The zero-order valence-corrected chi connectivity index (χ0v) is 12.9. The standard InChI is InChI=1S/C18H20N2O3/c1-12-7-5-6-10-14(12)11-15(17(19)22)20-18(23)16(21)13-8-3-2-4-9-13/h2-10,15-16,21H,11H2,1H3,(H2,19,22)(H,20,23)/t15-,16+/m1/s1. The number of aliphatic hydroxyl groups is 1. The molecular formula is C18H20N2O3. The summed E-state index contributed by atoms with van der Waals surface area (Å²) in [7, 11) is 0. The third kappa shape index (κ3) is 4.40. The number of benzene rings is 2. The van der Waals surface area contributed by atoms with Gasteiger partial charge in [0.2, 0.25) is 5.91 Å². The highest BCUT2D eigenvalue weighted by Crippen LogP contribution is 2.14. The zero-order valence-electron chi connectivity index (χ0n) is 12.9. The minimum Gasteiger partial charge on any atom is -0.378 e. The first-order valence-corrected chi connectivity index (χ1v) is 7.36. The largest absolute Gasteiger partial charge is 0.378 e. The summed E-state index contributed by atoms with van der Waals surface area (Å²) >= 11 is 0. The fourth-order valence-electron chi connectivity index (χ4n) is 2.32. The molecule has 0 aromatic heterocycles. The highest BCUT2D eigenvalue weighted by molar-refractivity contribution is 5.89. The minimum absolute atomic E-state index is 0.287. The highest BCUT2D eigenvalue weighted by Gasteiger charge is 2.24. The van der Waals surface area contributed by atoms with Crippen molar-refractivity contribution in [3.05, 3.63) is 71.3 Å². The Morgan fingerprint density at radius 1 is 1.09 bits per heavy atom. The fourth-order valence-corrected chi connectivity index (χ4v) is 2.32. The summed E-state index contributed by atoms with van der Waals surface area (Å²) in [5, 5.41) is 12.6. The molecule has 4 N–H and O–H groups in total. The van der Waals surface area contributed by atoms with E-state index in [1.165, 1.54) is 0 Å². The molecule has 0 heterocycles. The number of carbonyl (C=O) groups excluding carboxylic acids is 2. The Labute approximate surface area is 135 Å². The minimum atomic E-state index is -1.34. The van der Waals surface area contributed by atoms with Crippen LogP contribution in [0.5, 0.6) is 0 Å². The van der Waals surface area contributed by atoms with Crippen molar-refractivity contribution < 1.29 is 14.7 Å². The molecule has 2 aromatic rings. The molecule has 2 amide bonds. The molecule has 0 aliphatic rings. The maximum Gasteiger partial charge on any atom is 0.254 e. The Kier molecular flexibility index (Phi) is 5.49. The Hall–Kier alpha value is -2.66. The average Bonchev–Trinajstić information content (AvgIpc) is 2.56. The van der Waals surface area contributed by atoms with Gasteiger partial charge in [-0.05, 0) is 23.6 Å². The maximum atomic E-state index is 12.2. The molecule has 0 bridgehead atoms. The van der Waals surface area contributed by atoms with Crippen LogP contribution in [-0.2, 0) is 16.0 Å². The lowest BCUT2D eigenvalue weighted by Crippen LogP contribution is -2.47. The summed E-state index contributed by atoms with van der Waals surface area (Å²) in [6.07, 6.45) is -1.05. The van der Waals surface area contributed by atoms with Crippen LogP contribution >= 0.6 is 0 Å². The molecule has 0 aliphatic heterocycles. The quantitative estimate of drug-likeness (QED) is 0.749. The van der Waals surface area contributed by atoms with Crippen LogP contribution in [0.15, 0.2) is 54.6 Å². The van der Waals surface area contributed by atoms with E-state index >= 15 is 0 Å². The van der Waals surface area contributed by atoms with Crippen molar-refractivity contribution in [2.75, 3.05) is 0 Å². The number of primary amides is 1. The predicted octanol–water partition coefficient (Wildman–Crippen LogP) is 1.24. The SMILES string of the molecule is Cc1ccccc1C[C@@H](NC(=O)[C@@H](O)c1ccccc1)C(N)=O. The van der Waals surface area contributed by atoms with Crippen LogP contribution in [-0.4, -0.2) is 23.0 Å². The van der Waals surface area contributed by atoms with Gasteiger partial charge in [-0.1, -0.05) is 54.6 Å². The number of nitrogens with two attached hydrogens (primary N) is 1. The second kappa shape index (κ2) is 7.56. The topological polar surface area (TPSA) is 92.4 Å². The van der Waals surface area contributed by atoms with Crippen LogP contribution in [0.2, 0.25) is 0 Å². The first-order valence-electron chi connectivity index (χ1n) is 7.36. The van der Waals surface area contributed by atoms with Crippen molar-refractivity contribution in [1.82, 2.24) is 5.32 Å². The number of rotatable bonds is 6. The van der Waals surface area contributed by atoms with E-state index in [-0.39, 0.29) is 6.42 Å². The second-order valence-corrected chi connectivity index (χ2v) is 5.41. The first-order chi connectivity index (χ1) is 11.0. The summed E-state index contributed by atoms with van der Waals surface area (Å²) < 4.78 is 0. The summed E-state index contributed by atoms with van der Waals surface area (Å²) in [5.41, 5.74) is 7.78. The van der Waals surface area contributed by atoms with Gasteiger partial charge in [-0.25, -0.2) is 0 Å². The van der Waals surface area contributed by atoms with Gasteiger partial charge in [0.05, 0.1) is 0 Å². The summed E-state index contributed by atoms with van der Waals surface area (Å²) in [6.45, 7) is 1.92. The Morgan fingerprint density at radius 3 is 2.30 bits per heavy atom. The van der Waals surface area contributed by atoms with Crippen molar-refractivity contribution in [3.8, 4) is 0 Å². The molecule has 2 rings (SSSR count). The summed E-state index contributed by atoms with van der Waals surface area (Å²) in [6, 6.07) is 15.2. The molecule has 120 valence electrons. The number of hydrogen-bond acceptors (Lipinski definition) is 3. The number of nitrogens with one attached hydrogen (secondary N) is 1. The van der Waals surface area contributed by atoms with Crippen LogP contribution < -0.4 is 11.1 Å². The van der Waals surface area contributed by atoms with E-state index in [9.17, 15) is 14.7 Å². The molecule has 0 unspecified atom stereocenters. The smallest absolute Gasteiger partial charge is 0.254 e. The van der Waals surface area contributed by atoms with Crippen LogP contribution in [0.1, 0.15) is 22.8 Å². The van der Waals surface area contributed by atoms with Gasteiger partial charge in [0, 0.05) is 6.42 Å². The van der Waals surface area contributed by atoms with Gasteiger partial charge in [0.1, 0.15) is 6.04 Å². The van der Waals surface area contributed by atoms with Gasteiger partial charge in [0.25, 0.3) is 5.91 Å². The van der Waals surface area contributed by atoms with E-state index in [4.69, 9.17) is 5.73 Å². The Balaban J connectivity index is 2.09. The lowest BCUT2D eigenvalue weighted by atomic mass is 10.00. The molecule has 2 aromatic carbocycles. The van der Waals surface area contributed by atoms with Gasteiger partial charge in [-0.3, -0.25) is 9.59 Å². The molecule has 0 saturated carbocycles. The van der Waals surface area contributed by atoms with E-state index in [0.29, 0.717) is 5.56 Å². The van der Waals surface area contributed by atoms with E-state index in [1.807, 2.05) is 31.2 Å². The van der Waals surface area contributed by atoms with Crippen LogP contribution in [0.3, 0.4) is 0 Å². The van der Waals surface area contributed by atoms with E-state index in [0.717, 1.165) is 11.1 Å². The predicted molar refractivity (Wildman–Crippen MR) is 87.4 cm³/mol. The van der Waals surface area contributed by atoms with Crippen molar-refractivity contribution >= 4 is 11.8 Å². The molecule has 0 fully saturated rings. The number of aliphatic hydroxyl groups excluding tert-OH is 1. The van der Waals surface area contributed by atoms with Gasteiger partial charge >= 0.3 is 0 Å². The maximum absolute atomic E-state index is 12.2. The van der Waals surface area contributed by atoms with Gasteiger partial charge in [-0.2, -0.15) is 0 Å². The number of carbonyl (C=O) groups is 2. The van der Waals surface area contributed by atoms with Gasteiger partial charge < -0.3 is 16.2 Å². The van der Waals surface area contributed by atoms with Crippen LogP contribution in [0.4, 0.5) is 0 Å². The molecule has 23 heavy (non-hydrogen) atoms. The van der Waals surface area contributed by atoms with E-state index in [1.54, 1.807) is 30.3 Å². The molecule has 5 heteroatoms. The third-order valence-corrected chi connectivity index (χ3v) is 3.71. The first kappa shape index (κ1) is 16.7. The van der Waals surface area contributed by atoms with E-state index < -0.39 is 24.0 Å². The fraction of sp³-hybridized carbons (Fsp3) is 0.222. The average molecular weight is 312 g/mol. The van der Waals surface area contributed by atoms with Crippen LogP contribution in [0, 0.1) is 6.92 Å². The van der Waals surface area contributed by atoms with Crippen LogP contribution in [0.25, 0.3) is 0 Å². The monoisotopic (exact) mass is 312 g/mol. The van der Waals surface area contributed by atoms with Crippen molar-refractivity contribution in [3.63, 3.8) is 0 Å². The molecule has 0 saturated heterocycles. The molecule has 0 radical (unpaired) electrons. The van der Waals surface area contributed by atoms with E-state index in [2.05, 4.69) is 5.32 Å². The number of hydrogen-bond donors (Lipinski definition) is 3. The molecule has 2 atom stereocenters. The number of amides is 2. The number of aryl methyl sites for hydroxylation is 1. The molecule has 0 aliphatic carbocycles. The second-order valence-electron chi connectivity index (χ2n) is 5.41. The Bertz CT molecular complexity index is 686. The van der Waals surface area contributed by atoms with Gasteiger partial charge in [0.15, 0.2) is 6.10 Å². The van der Waals surface area contributed by atoms with Crippen molar-refractivity contribution in [2.45, 2.75) is 25.5 Å². The molecular weight excluding hydrogens is 292 g/mol. The van der Waals surface area contributed by atoms with Gasteiger partial charge in [-0.15, -0.1) is 0 Å². The molecule has 0 spiro atoms. The summed E-state index contributed by atoms with van der Waals surface area (Å²) in [4.78, 5) is 23.8. The lowest BCUT2D eigenvalue weighted by Gasteiger charge is -2.19. The Morgan fingerprint density at radius 2 is 1.70 bits per heavy atom. The van der Waals surface area contributed by atoms with Crippen molar-refractivity contribution in [1.29, 1.82) is 0 Å². The summed E-state index contributed by atoms with van der Waals surface area (Å²) in [5.74, 6) is -1.28. The highest BCUT2D eigenvalue weighted by atomic mass is 16.3. The zero-order chi connectivity index (χ0) is 16.8. The lowest BCUT2D eigenvalue weighted by molar-refractivity contribution is -0.133. The molecule has 5 nitrogen and oxygen atoms in total. The van der Waals surface area contributed by atoms with Crippen molar-refractivity contribution in [2.24, 2.45) is 5.73 Å². The third-order valence-electron chi connectivity index (χ3n) is 3.71. The normalized spacial score (nSPS) is 13.1.